The molecule has 122 valence electrons. The average molecular weight is 318 g/mol. The number of ketones is 1. The van der Waals surface area contributed by atoms with Gasteiger partial charge in [0.05, 0.1) is 0 Å². The minimum atomic E-state index is 0.141. The fourth-order valence-electron chi connectivity index (χ4n) is 2.96. The number of anilines is 2. The Balaban J connectivity index is 1.91. The summed E-state index contributed by atoms with van der Waals surface area (Å²) in [6.07, 6.45) is 5.75. The highest BCUT2D eigenvalue weighted by molar-refractivity contribution is 6.14. The van der Waals surface area contributed by atoms with Crippen LogP contribution in [0.4, 0.5) is 11.4 Å². The van der Waals surface area contributed by atoms with Gasteiger partial charge in [0.1, 0.15) is 0 Å². The van der Waals surface area contributed by atoms with Crippen LogP contribution >= 0.6 is 0 Å². The van der Waals surface area contributed by atoms with Crippen molar-refractivity contribution in [1.82, 2.24) is 0 Å². The Hall–Kier alpha value is -2.81. The fourth-order valence-corrected chi connectivity index (χ4v) is 2.96. The first-order chi connectivity index (χ1) is 11.5. The van der Waals surface area contributed by atoms with E-state index in [1.807, 2.05) is 60.7 Å². The molecule has 3 nitrogen and oxygen atoms in total. The first-order valence-electron chi connectivity index (χ1n) is 8.21. The monoisotopic (exact) mass is 318 g/mol. The van der Waals surface area contributed by atoms with Crippen LogP contribution in [0.25, 0.3) is 12.2 Å². The first-order valence-corrected chi connectivity index (χ1v) is 8.21. The number of allylic oxidation sites excluding steroid dienone is 2. The maximum Gasteiger partial charge on any atom is 0.185 e. The summed E-state index contributed by atoms with van der Waals surface area (Å²) in [4.78, 5) is 12.9. The third-order valence-electron chi connectivity index (χ3n) is 4.47. The van der Waals surface area contributed by atoms with E-state index in [-0.39, 0.29) is 11.7 Å². The van der Waals surface area contributed by atoms with Gasteiger partial charge < -0.3 is 11.5 Å². The number of nitrogen functional groups attached to an aromatic ring is 2. The van der Waals surface area contributed by atoms with Gasteiger partial charge in [0.15, 0.2) is 5.78 Å². The summed E-state index contributed by atoms with van der Waals surface area (Å²) in [5, 5.41) is 0. The predicted molar refractivity (Wildman–Crippen MR) is 101 cm³/mol. The zero-order valence-electron chi connectivity index (χ0n) is 13.8. The standard InChI is InChI=1S/C21H22N2O/c1-14-2-7-17(12-15-3-8-18(22)9-4-15)21(24)20(14)13-16-5-10-19(23)11-6-16/h3-6,8-14H,2,7,22-23H2,1H3/b17-12-,20-13+. The molecule has 0 spiro atoms. The maximum absolute atomic E-state index is 12.9. The lowest BCUT2D eigenvalue weighted by atomic mass is 9.80. The van der Waals surface area contributed by atoms with Gasteiger partial charge in [0, 0.05) is 22.5 Å². The van der Waals surface area contributed by atoms with Crippen molar-refractivity contribution in [2.75, 3.05) is 11.5 Å². The second-order valence-corrected chi connectivity index (χ2v) is 6.37. The lowest BCUT2D eigenvalue weighted by molar-refractivity contribution is -0.113. The molecule has 0 radical (unpaired) electrons. The molecule has 0 bridgehead atoms. The minimum Gasteiger partial charge on any atom is -0.399 e. The molecule has 1 aliphatic rings. The van der Waals surface area contributed by atoms with Crippen molar-refractivity contribution in [3.8, 4) is 0 Å². The molecule has 0 saturated heterocycles. The molecule has 0 aromatic heterocycles. The SMILES string of the molecule is CC1CC/C(=C/c2ccc(N)cc2)C(=O)/C1=C/c1ccc(N)cc1. The summed E-state index contributed by atoms with van der Waals surface area (Å²) in [6.45, 7) is 2.11. The molecule has 1 atom stereocenters. The zero-order valence-corrected chi connectivity index (χ0v) is 13.8. The van der Waals surface area contributed by atoms with Crippen LogP contribution in [0.2, 0.25) is 0 Å². The van der Waals surface area contributed by atoms with Gasteiger partial charge >= 0.3 is 0 Å². The van der Waals surface area contributed by atoms with Crippen LogP contribution in [0.3, 0.4) is 0 Å². The van der Waals surface area contributed by atoms with Gasteiger partial charge in [-0.25, -0.2) is 0 Å². The molecular formula is C21H22N2O. The zero-order chi connectivity index (χ0) is 17.1. The number of hydrogen-bond acceptors (Lipinski definition) is 3. The molecule has 4 N–H and O–H groups in total. The highest BCUT2D eigenvalue weighted by Gasteiger charge is 2.26. The van der Waals surface area contributed by atoms with E-state index in [1.165, 1.54) is 0 Å². The average Bonchev–Trinajstić information content (AvgIpc) is 2.58. The Kier molecular flexibility index (Phi) is 4.52. The van der Waals surface area contributed by atoms with Crippen LogP contribution in [-0.4, -0.2) is 5.78 Å². The van der Waals surface area contributed by atoms with E-state index in [4.69, 9.17) is 11.5 Å². The quantitative estimate of drug-likeness (QED) is 0.640. The largest absolute Gasteiger partial charge is 0.399 e. The summed E-state index contributed by atoms with van der Waals surface area (Å²) in [6, 6.07) is 15.2. The van der Waals surface area contributed by atoms with Gasteiger partial charge in [-0.1, -0.05) is 31.2 Å². The summed E-state index contributed by atoms with van der Waals surface area (Å²) < 4.78 is 0. The number of carbonyl (C=O) groups is 1. The summed E-state index contributed by atoms with van der Waals surface area (Å²) in [5.41, 5.74) is 16.6. The van der Waals surface area contributed by atoms with E-state index in [1.54, 1.807) is 0 Å². The smallest absolute Gasteiger partial charge is 0.185 e. The molecule has 3 heteroatoms. The van der Waals surface area contributed by atoms with Crippen LogP contribution in [0, 0.1) is 5.92 Å². The Bertz CT molecular complexity index is 799. The third kappa shape index (κ3) is 3.57. The molecule has 0 heterocycles. The molecular weight excluding hydrogens is 296 g/mol. The molecule has 2 aromatic carbocycles. The van der Waals surface area contributed by atoms with Crippen molar-refractivity contribution in [3.05, 3.63) is 70.8 Å². The highest BCUT2D eigenvalue weighted by atomic mass is 16.1. The molecule has 1 aliphatic carbocycles. The normalized spacial score (nSPS) is 21.4. The van der Waals surface area contributed by atoms with Gasteiger partial charge in [-0.05, 0) is 66.3 Å². The van der Waals surface area contributed by atoms with Crippen molar-refractivity contribution in [3.63, 3.8) is 0 Å². The summed E-state index contributed by atoms with van der Waals surface area (Å²) >= 11 is 0. The maximum atomic E-state index is 12.9. The molecule has 1 unspecified atom stereocenters. The van der Waals surface area contributed by atoms with Crippen molar-refractivity contribution in [2.45, 2.75) is 19.8 Å². The predicted octanol–water partition coefficient (Wildman–Crippen LogP) is 4.32. The van der Waals surface area contributed by atoms with Gasteiger partial charge in [-0.2, -0.15) is 0 Å². The van der Waals surface area contributed by atoms with Crippen LogP contribution in [-0.2, 0) is 4.79 Å². The number of nitrogens with two attached hydrogens (primary N) is 2. The second-order valence-electron chi connectivity index (χ2n) is 6.37. The van der Waals surface area contributed by atoms with Gasteiger partial charge in [-0.3, -0.25) is 4.79 Å². The fraction of sp³-hybridized carbons (Fsp3) is 0.190. The van der Waals surface area contributed by atoms with E-state index >= 15 is 0 Å². The Morgan fingerprint density at radius 2 is 1.38 bits per heavy atom. The molecule has 2 aromatic rings. The Morgan fingerprint density at radius 3 is 1.92 bits per heavy atom. The van der Waals surface area contributed by atoms with E-state index in [0.717, 1.165) is 46.5 Å². The Morgan fingerprint density at radius 1 is 0.875 bits per heavy atom. The second kappa shape index (κ2) is 6.75. The highest BCUT2D eigenvalue weighted by Crippen LogP contribution is 2.32. The number of benzene rings is 2. The number of carbonyl (C=O) groups excluding carboxylic acids is 1. The topological polar surface area (TPSA) is 69.1 Å². The molecule has 3 rings (SSSR count). The van der Waals surface area contributed by atoms with Crippen molar-refractivity contribution in [1.29, 1.82) is 0 Å². The molecule has 1 fully saturated rings. The lowest BCUT2D eigenvalue weighted by Crippen LogP contribution is -2.19. The van der Waals surface area contributed by atoms with E-state index in [9.17, 15) is 4.79 Å². The summed E-state index contributed by atoms with van der Waals surface area (Å²) in [7, 11) is 0. The van der Waals surface area contributed by atoms with Gasteiger partial charge in [-0.15, -0.1) is 0 Å². The van der Waals surface area contributed by atoms with Crippen LogP contribution < -0.4 is 11.5 Å². The van der Waals surface area contributed by atoms with Crippen LogP contribution in [0.15, 0.2) is 59.7 Å². The van der Waals surface area contributed by atoms with E-state index in [2.05, 4.69) is 6.92 Å². The van der Waals surface area contributed by atoms with Gasteiger partial charge in [0.2, 0.25) is 0 Å². The third-order valence-corrected chi connectivity index (χ3v) is 4.47. The lowest BCUT2D eigenvalue weighted by Gasteiger charge is -2.23. The van der Waals surface area contributed by atoms with Crippen molar-refractivity contribution < 1.29 is 4.79 Å². The van der Waals surface area contributed by atoms with Crippen molar-refractivity contribution >= 4 is 29.3 Å². The van der Waals surface area contributed by atoms with Crippen LogP contribution in [0.1, 0.15) is 30.9 Å². The number of Topliss-reactive ketones (excluding diaryl/α,β-unsaturated/α-hetero) is 1. The molecule has 1 saturated carbocycles. The minimum absolute atomic E-state index is 0.141. The first kappa shape index (κ1) is 16.1. The Labute approximate surface area is 142 Å². The van der Waals surface area contributed by atoms with Gasteiger partial charge in [0.25, 0.3) is 0 Å². The van der Waals surface area contributed by atoms with E-state index < -0.39 is 0 Å². The number of rotatable bonds is 2. The van der Waals surface area contributed by atoms with E-state index in [0.29, 0.717) is 0 Å². The molecule has 0 aliphatic heterocycles. The molecule has 0 amide bonds. The summed E-state index contributed by atoms with van der Waals surface area (Å²) in [5.74, 6) is 0.404. The number of hydrogen-bond donors (Lipinski definition) is 2. The molecule has 24 heavy (non-hydrogen) atoms. The van der Waals surface area contributed by atoms with Crippen molar-refractivity contribution in [2.24, 2.45) is 5.92 Å². The van der Waals surface area contributed by atoms with Crippen LogP contribution in [0.5, 0.6) is 0 Å².